The molecular weight excluding hydrogens is 432 g/mol. The Bertz CT molecular complexity index is 1360. The third-order valence-corrected chi connectivity index (χ3v) is 7.30. The SMILES string of the molecule is NS(=O)(=O)c1cccc(Nc2ncc3ccc4sc(CN5CCNCC5)cc4c3n2)c1. The molecule has 4 aromatic rings. The van der Waals surface area contributed by atoms with Gasteiger partial charge in [0, 0.05) is 65.0 Å². The van der Waals surface area contributed by atoms with Crippen LogP contribution in [0.3, 0.4) is 0 Å². The highest BCUT2D eigenvalue weighted by atomic mass is 32.2. The van der Waals surface area contributed by atoms with E-state index < -0.39 is 10.0 Å². The van der Waals surface area contributed by atoms with Crippen molar-refractivity contribution in [2.24, 2.45) is 5.14 Å². The Morgan fingerprint density at radius 2 is 2.00 bits per heavy atom. The minimum absolute atomic E-state index is 0.0380. The minimum atomic E-state index is -3.78. The largest absolute Gasteiger partial charge is 0.324 e. The number of benzene rings is 2. The second kappa shape index (κ2) is 8.13. The minimum Gasteiger partial charge on any atom is -0.324 e. The van der Waals surface area contributed by atoms with E-state index in [-0.39, 0.29) is 4.90 Å². The van der Waals surface area contributed by atoms with E-state index in [0.717, 1.165) is 49.0 Å². The molecule has 10 heteroatoms. The molecule has 0 saturated carbocycles. The second-order valence-corrected chi connectivity index (χ2v) is 10.3. The van der Waals surface area contributed by atoms with Gasteiger partial charge in [0.05, 0.1) is 10.4 Å². The molecule has 1 aliphatic rings. The molecule has 0 bridgehead atoms. The van der Waals surface area contributed by atoms with Crippen LogP contribution in [0.5, 0.6) is 0 Å². The highest BCUT2D eigenvalue weighted by Gasteiger charge is 2.14. The van der Waals surface area contributed by atoms with Gasteiger partial charge in [-0.15, -0.1) is 11.3 Å². The molecule has 8 nitrogen and oxygen atoms in total. The van der Waals surface area contributed by atoms with Gasteiger partial charge in [0.2, 0.25) is 16.0 Å². The first-order chi connectivity index (χ1) is 15.0. The third-order valence-electron chi connectivity index (χ3n) is 5.31. The summed E-state index contributed by atoms with van der Waals surface area (Å²) < 4.78 is 24.4. The van der Waals surface area contributed by atoms with Gasteiger partial charge in [-0.05, 0) is 36.4 Å². The lowest BCUT2D eigenvalue weighted by Gasteiger charge is -2.26. The Labute approximate surface area is 184 Å². The monoisotopic (exact) mass is 454 g/mol. The van der Waals surface area contributed by atoms with Gasteiger partial charge in [0.25, 0.3) is 0 Å². The number of nitrogens with one attached hydrogen (secondary N) is 2. The van der Waals surface area contributed by atoms with E-state index in [9.17, 15) is 8.42 Å². The first kappa shape index (κ1) is 20.3. The van der Waals surface area contributed by atoms with Gasteiger partial charge in [0.15, 0.2) is 0 Å². The molecule has 3 heterocycles. The molecule has 0 spiro atoms. The number of rotatable bonds is 5. The van der Waals surface area contributed by atoms with E-state index in [0.29, 0.717) is 11.6 Å². The van der Waals surface area contributed by atoms with E-state index in [1.54, 1.807) is 29.7 Å². The zero-order valence-electron chi connectivity index (χ0n) is 16.7. The number of thiophene rings is 1. The number of aromatic nitrogens is 2. The van der Waals surface area contributed by atoms with Crippen molar-refractivity contribution in [3.63, 3.8) is 0 Å². The smallest absolute Gasteiger partial charge is 0.238 e. The van der Waals surface area contributed by atoms with E-state index in [1.807, 2.05) is 6.07 Å². The predicted octanol–water partition coefficient (Wildman–Crippen LogP) is 2.64. The summed E-state index contributed by atoms with van der Waals surface area (Å²) in [5.41, 5.74) is 1.43. The van der Waals surface area contributed by atoms with Crippen molar-refractivity contribution in [3.05, 3.63) is 53.5 Å². The zero-order chi connectivity index (χ0) is 21.4. The molecule has 1 aliphatic heterocycles. The molecule has 0 aliphatic carbocycles. The molecule has 1 saturated heterocycles. The fourth-order valence-electron chi connectivity index (χ4n) is 3.77. The zero-order valence-corrected chi connectivity index (χ0v) is 18.3. The van der Waals surface area contributed by atoms with Gasteiger partial charge in [-0.2, -0.15) is 0 Å². The van der Waals surface area contributed by atoms with Crippen molar-refractivity contribution in [2.45, 2.75) is 11.4 Å². The number of anilines is 2. The summed E-state index contributed by atoms with van der Waals surface area (Å²) in [4.78, 5) is 12.9. The third kappa shape index (κ3) is 4.39. The maximum Gasteiger partial charge on any atom is 0.238 e. The van der Waals surface area contributed by atoms with Crippen LogP contribution < -0.4 is 15.8 Å². The summed E-state index contributed by atoms with van der Waals surface area (Å²) in [5.74, 6) is 0.404. The number of hydrogen-bond donors (Lipinski definition) is 3. The summed E-state index contributed by atoms with van der Waals surface area (Å²) in [6.07, 6.45) is 1.78. The van der Waals surface area contributed by atoms with Crippen LogP contribution in [0.2, 0.25) is 0 Å². The molecule has 1 fully saturated rings. The Morgan fingerprint density at radius 1 is 1.16 bits per heavy atom. The molecule has 31 heavy (non-hydrogen) atoms. The summed E-state index contributed by atoms with van der Waals surface area (Å²) >= 11 is 1.80. The molecule has 0 amide bonds. The lowest BCUT2D eigenvalue weighted by Crippen LogP contribution is -2.42. The molecule has 2 aromatic carbocycles. The molecule has 4 N–H and O–H groups in total. The fourth-order valence-corrected chi connectivity index (χ4v) is 5.44. The number of hydrogen-bond acceptors (Lipinski definition) is 8. The molecule has 0 radical (unpaired) electrons. The summed E-state index contributed by atoms with van der Waals surface area (Å²) in [6, 6.07) is 12.7. The first-order valence-corrected chi connectivity index (χ1v) is 12.3. The van der Waals surface area contributed by atoms with Crippen LogP contribution in [-0.4, -0.2) is 49.5 Å². The molecule has 2 aromatic heterocycles. The summed E-state index contributed by atoms with van der Waals surface area (Å²) in [7, 11) is -3.78. The van der Waals surface area contributed by atoms with Crippen molar-refractivity contribution in [1.29, 1.82) is 0 Å². The molecule has 0 atom stereocenters. The molecular formula is C21H22N6O2S2. The number of nitrogens with two attached hydrogens (primary N) is 1. The number of sulfonamides is 1. The van der Waals surface area contributed by atoms with Crippen LogP contribution in [0.15, 0.2) is 53.6 Å². The highest BCUT2D eigenvalue weighted by molar-refractivity contribution is 7.89. The Morgan fingerprint density at radius 3 is 2.81 bits per heavy atom. The van der Waals surface area contributed by atoms with Crippen LogP contribution in [-0.2, 0) is 16.6 Å². The summed E-state index contributed by atoms with van der Waals surface area (Å²) in [6.45, 7) is 5.12. The van der Waals surface area contributed by atoms with Crippen molar-refractivity contribution in [3.8, 4) is 0 Å². The topological polar surface area (TPSA) is 113 Å². The maximum atomic E-state index is 11.6. The summed E-state index contributed by atoms with van der Waals surface area (Å²) in [5, 5.41) is 13.8. The average molecular weight is 455 g/mol. The Balaban J connectivity index is 1.47. The quantitative estimate of drug-likeness (QED) is 0.425. The lowest BCUT2D eigenvalue weighted by molar-refractivity contribution is 0.235. The number of nitrogens with zero attached hydrogens (tertiary/aromatic N) is 3. The fraction of sp³-hybridized carbons (Fsp3) is 0.238. The van der Waals surface area contributed by atoms with Crippen molar-refractivity contribution >= 4 is 54.0 Å². The number of piperazine rings is 1. The average Bonchev–Trinajstić information content (AvgIpc) is 3.17. The van der Waals surface area contributed by atoms with E-state index >= 15 is 0 Å². The van der Waals surface area contributed by atoms with E-state index in [2.05, 4.69) is 32.7 Å². The maximum absolute atomic E-state index is 11.6. The van der Waals surface area contributed by atoms with Crippen LogP contribution in [0.4, 0.5) is 11.6 Å². The van der Waals surface area contributed by atoms with Crippen LogP contribution in [0.1, 0.15) is 4.88 Å². The van der Waals surface area contributed by atoms with Crippen LogP contribution >= 0.6 is 11.3 Å². The van der Waals surface area contributed by atoms with Gasteiger partial charge < -0.3 is 10.6 Å². The van der Waals surface area contributed by atoms with Gasteiger partial charge in [-0.3, -0.25) is 4.90 Å². The molecule has 160 valence electrons. The normalized spacial score (nSPS) is 15.5. The highest BCUT2D eigenvalue weighted by Crippen LogP contribution is 2.32. The van der Waals surface area contributed by atoms with Crippen molar-refractivity contribution < 1.29 is 8.42 Å². The van der Waals surface area contributed by atoms with Crippen LogP contribution in [0.25, 0.3) is 21.0 Å². The predicted molar refractivity (Wildman–Crippen MR) is 124 cm³/mol. The van der Waals surface area contributed by atoms with E-state index in [4.69, 9.17) is 10.1 Å². The van der Waals surface area contributed by atoms with E-state index in [1.165, 1.54) is 21.7 Å². The Kier molecular flexibility index (Phi) is 5.32. The van der Waals surface area contributed by atoms with Crippen LogP contribution in [0, 0.1) is 0 Å². The van der Waals surface area contributed by atoms with Gasteiger partial charge in [-0.1, -0.05) is 6.07 Å². The molecule has 5 rings (SSSR count). The lowest BCUT2D eigenvalue weighted by atomic mass is 10.2. The standard InChI is InChI=1S/C21H22N6O2S2/c22-31(28,29)17-3-1-2-15(10-17)25-21-24-12-14-4-5-19-18(20(14)26-21)11-16(30-19)13-27-8-6-23-7-9-27/h1-5,10-12,23H,6-9,13H2,(H2,22,28,29)(H,24,25,26). The van der Waals surface area contributed by atoms with Gasteiger partial charge in [-0.25, -0.2) is 23.5 Å². The van der Waals surface area contributed by atoms with Crippen molar-refractivity contribution in [1.82, 2.24) is 20.2 Å². The number of primary sulfonamides is 1. The second-order valence-electron chi connectivity index (χ2n) is 7.55. The number of fused-ring (bicyclic) bond motifs is 3. The Hall–Kier alpha value is -2.63. The van der Waals surface area contributed by atoms with Gasteiger partial charge in [0.1, 0.15) is 0 Å². The van der Waals surface area contributed by atoms with Crippen molar-refractivity contribution in [2.75, 3.05) is 31.5 Å². The van der Waals surface area contributed by atoms with Gasteiger partial charge >= 0.3 is 0 Å². The first-order valence-electron chi connectivity index (χ1n) is 9.97. The molecule has 0 unspecified atom stereocenters.